The maximum atomic E-state index is 12.1. The Bertz CT molecular complexity index is 663. The number of hydrogen-bond acceptors (Lipinski definition) is 7. The highest BCUT2D eigenvalue weighted by Gasteiger charge is 2.31. The number of anilines is 1. The van der Waals surface area contributed by atoms with Crippen LogP contribution in [0.3, 0.4) is 0 Å². The lowest BCUT2D eigenvalue weighted by Gasteiger charge is -2.19. The zero-order valence-corrected chi connectivity index (χ0v) is 18.1. The van der Waals surface area contributed by atoms with Crippen LogP contribution in [0.25, 0.3) is 0 Å². The Labute approximate surface area is 172 Å². The van der Waals surface area contributed by atoms with Crippen molar-refractivity contribution < 1.29 is 28.6 Å². The number of pyridine rings is 1. The van der Waals surface area contributed by atoms with Gasteiger partial charge >= 0.3 is 18.0 Å². The molecule has 29 heavy (non-hydrogen) atoms. The Morgan fingerprint density at radius 1 is 1.07 bits per heavy atom. The molecule has 1 atom stereocenters. The van der Waals surface area contributed by atoms with Crippen LogP contribution >= 0.6 is 0 Å². The van der Waals surface area contributed by atoms with Gasteiger partial charge in [0, 0.05) is 6.20 Å². The molecule has 0 radical (unpaired) electrons. The number of nitrogens with zero attached hydrogens (tertiary/aromatic N) is 1. The Kier molecular flexibility index (Phi) is 9.58. The van der Waals surface area contributed by atoms with Crippen LogP contribution in [0.1, 0.15) is 53.5 Å². The lowest BCUT2D eigenvalue weighted by molar-refractivity contribution is -0.162. The van der Waals surface area contributed by atoms with Crippen LogP contribution in [0.2, 0.25) is 0 Å². The summed E-state index contributed by atoms with van der Waals surface area (Å²) in [6.45, 7) is 11.1. The summed E-state index contributed by atoms with van der Waals surface area (Å²) >= 11 is 0. The SMILES string of the molecule is CCOC(=O)C(CC(C)Cc1ccc(NC(=O)OC(C)(C)C)nc1)C(=O)OCC. The number of carbonyl (C=O) groups is 3. The minimum absolute atomic E-state index is 0.0141. The zero-order valence-electron chi connectivity index (χ0n) is 18.1. The first-order valence-corrected chi connectivity index (χ1v) is 9.83. The van der Waals surface area contributed by atoms with E-state index in [0.717, 1.165) is 5.56 Å². The van der Waals surface area contributed by atoms with Gasteiger partial charge in [0.1, 0.15) is 11.4 Å². The number of nitrogens with one attached hydrogen (secondary N) is 1. The average Bonchev–Trinajstić information content (AvgIpc) is 2.60. The number of amides is 1. The first-order chi connectivity index (χ1) is 13.6. The summed E-state index contributed by atoms with van der Waals surface area (Å²) in [6, 6.07) is 3.51. The molecule has 1 aromatic rings. The number of ether oxygens (including phenoxy) is 3. The number of aromatic nitrogens is 1. The lowest BCUT2D eigenvalue weighted by Crippen LogP contribution is -2.30. The van der Waals surface area contributed by atoms with Crippen molar-refractivity contribution in [2.24, 2.45) is 11.8 Å². The fourth-order valence-corrected chi connectivity index (χ4v) is 2.69. The molecule has 0 aliphatic heterocycles. The minimum Gasteiger partial charge on any atom is -0.465 e. The van der Waals surface area contributed by atoms with Gasteiger partial charge < -0.3 is 14.2 Å². The third kappa shape index (κ3) is 9.40. The number of carbonyl (C=O) groups excluding carboxylic acids is 3. The summed E-state index contributed by atoms with van der Waals surface area (Å²) in [4.78, 5) is 40.2. The van der Waals surface area contributed by atoms with Crippen LogP contribution in [-0.4, -0.2) is 41.8 Å². The molecule has 1 unspecified atom stereocenters. The van der Waals surface area contributed by atoms with E-state index >= 15 is 0 Å². The molecule has 162 valence electrons. The van der Waals surface area contributed by atoms with Gasteiger partial charge in [0.15, 0.2) is 5.92 Å². The van der Waals surface area contributed by atoms with Gasteiger partial charge in [-0.3, -0.25) is 14.9 Å². The molecule has 0 aromatic carbocycles. The Morgan fingerprint density at radius 2 is 1.66 bits per heavy atom. The first-order valence-electron chi connectivity index (χ1n) is 9.83. The highest BCUT2D eigenvalue weighted by Crippen LogP contribution is 2.20. The first kappa shape index (κ1) is 24.4. The summed E-state index contributed by atoms with van der Waals surface area (Å²) < 4.78 is 15.2. The third-order valence-electron chi connectivity index (χ3n) is 3.82. The fourth-order valence-electron chi connectivity index (χ4n) is 2.69. The van der Waals surface area contributed by atoms with Gasteiger partial charge in [-0.25, -0.2) is 9.78 Å². The molecule has 0 saturated heterocycles. The van der Waals surface area contributed by atoms with Gasteiger partial charge in [-0.05, 0) is 65.0 Å². The molecule has 0 saturated carbocycles. The number of hydrogen-bond donors (Lipinski definition) is 1. The molecular weight excluding hydrogens is 376 g/mol. The van der Waals surface area contributed by atoms with E-state index in [0.29, 0.717) is 18.7 Å². The van der Waals surface area contributed by atoms with Crippen LogP contribution in [-0.2, 0) is 30.2 Å². The van der Waals surface area contributed by atoms with E-state index in [4.69, 9.17) is 14.2 Å². The molecular formula is C21H32N2O6. The molecule has 1 N–H and O–H groups in total. The van der Waals surface area contributed by atoms with E-state index < -0.39 is 29.6 Å². The standard InChI is InChI=1S/C21H32N2O6/c1-7-27-18(24)16(19(25)28-8-2)12-14(3)11-15-9-10-17(22-13-15)23-20(26)29-21(4,5)6/h9-10,13-14,16H,7-8,11-12H2,1-6H3,(H,22,23,26). The quantitative estimate of drug-likeness (QED) is 0.377. The highest BCUT2D eigenvalue weighted by atomic mass is 16.6. The van der Waals surface area contributed by atoms with Crippen molar-refractivity contribution in [2.75, 3.05) is 18.5 Å². The molecule has 8 heteroatoms. The fraction of sp³-hybridized carbons (Fsp3) is 0.619. The summed E-state index contributed by atoms with van der Waals surface area (Å²) in [5.74, 6) is -1.67. The Balaban J connectivity index is 2.68. The molecule has 0 spiro atoms. The topological polar surface area (TPSA) is 104 Å². The predicted molar refractivity (Wildman–Crippen MR) is 108 cm³/mol. The van der Waals surface area contributed by atoms with Crippen LogP contribution in [0.5, 0.6) is 0 Å². The summed E-state index contributed by atoms with van der Waals surface area (Å²) in [5, 5.41) is 2.57. The van der Waals surface area contributed by atoms with Crippen molar-refractivity contribution in [3.8, 4) is 0 Å². The summed E-state index contributed by atoms with van der Waals surface area (Å²) in [6.07, 6.45) is 2.00. The van der Waals surface area contributed by atoms with E-state index in [-0.39, 0.29) is 19.1 Å². The number of rotatable bonds is 9. The normalized spacial score (nSPS) is 12.2. The molecule has 8 nitrogen and oxygen atoms in total. The number of esters is 2. The van der Waals surface area contributed by atoms with Crippen molar-refractivity contribution in [1.29, 1.82) is 0 Å². The monoisotopic (exact) mass is 408 g/mol. The largest absolute Gasteiger partial charge is 0.465 e. The molecule has 1 aromatic heterocycles. The molecule has 1 rings (SSSR count). The van der Waals surface area contributed by atoms with Gasteiger partial charge in [0.05, 0.1) is 13.2 Å². The molecule has 0 aliphatic carbocycles. The van der Waals surface area contributed by atoms with Crippen LogP contribution in [0, 0.1) is 11.8 Å². The van der Waals surface area contributed by atoms with Crippen molar-refractivity contribution in [2.45, 2.75) is 60.0 Å². The van der Waals surface area contributed by atoms with Gasteiger partial charge in [-0.2, -0.15) is 0 Å². The van der Waals surface area contributed by atoms with Gasteiger partial charge in [0.25, 0.3) is 0 Å². The maximum Gasteiger partial charge on any atom is 0.413 e. The van der Waals surface area contributed by atoms with Gasteiger partial charge in [-0.15, -0.1) is 0 Å². The minimum atomic E-state index is -0.939. The van der Waals surface area contributed by atoms with Crippen molar-refractivity contribution >= 4 is 23.8 Å². The maximum absolute atomic E-state index is 12.1. The van der Waals surface area contributed by atoms with E-state index in [2.05, 4.69) is 10.3 Å². The van der Waals surface area contributed by atoms with Crippen molar-refractivity contribution in [3.63, 3.8) is 0 Å². The molecule has 0 bridgehead atoms. The highest BCUT2D eigenvalue weighted by molar-refractivity contribution is 5.94. The van der Waals surface area contributed by atoms with Crippen LogP contribution < -0.4 is 5.32 Å². The van der Waals surface area contributed by atoms with Crippen molar-refractivity contribution in [3.05, 3.63) is 23.9 Å². The lowest BCUT2D eigenvalue weighted by atomic mass is 9.91. The second kappa shape index (κ2) is 11.4. The molecule has 0 fully saturated rings. The summed E-state index contributed by atoms with van der Waals surface area (Å²) in [7, 11) is 0. The molecule has 1 heterocycles. The van der Waals surface area contributed by atoms with Crippen LogP contribution in [0.4, 0.5) is 10.6 Å². The Hall–Kier alpha value is -2.64. The van der Waals surface area contributed by atoms with E-state index in [1.54, 1.807) is 46.9 Å². The summed E-state index contributed by atoms with van der Waals surface area (Å²) in [5.41, 5.74) is 0.326. The van der Waals surface area contributed by atoms with E-state index in [1.807, 2.05) is 13.0 Å². The van der Waals surface area contributed by atoms with E-state index in [1.165, 1.54) is 0 Å². The van der Waals surface area contributed by atoms with Crippen LogP contribution in [0.15, 0.2) is 18.3 Å². The molecule has 1 amide bonds. The second-order valence-corrected chi connectivity index (χ2v) is 7.78. The zero-order chi connectivity index (χ0) is 22.0. The Morgan fingerprint density at radius 3 is 2.10 bits per heavy atom. The van der Waals surface area contributed by atoms with Crippen molar-refractivity contribution in [1.82, 2.24) is 4.98 Å². The second-order valence-electron chi connectivity index (χ2n) is 7.78. The molecule has 0 aliphatic rings. The average molecular weight is 408 g/mol. The third-order valence-corrected chi connectivity index (χ3v) is 3.82. The van der Waals surface area contributed by atoms with E-state index in [9.17, 15) is 14.4 Å². The predicted octanol–water partition coefficient (Wildman–Crippen LogP) is 3.74. The van der Waals surface area contributed by atoms with Gasteiger partial charge in [-0.1, -0.05) is 13.0 Å². The smallest absolute Gasteiger partial charge is 0.413 e. The van der Waals surface area contributed by atoms with Gasteiger partial charge in [0.2, 0.25) is 0 Å².